The van der Waals surface area contributed by atoms with Crippen LogP contribution < -0.4 is 5.73 Å². The van der Waals surface area contributed by atoms with Gasteiger partial charge in [0.2, 0.25) is 0 Å². The number of nitrogens with two attached hydrogens (primary N) is 1. The van der Waals surface area contributed by atoms with Gasteiger partial charge in [-0.1, -0.05) is 19.8 Å². The van der Waals surface area contributed by atoms with Gasteiger partial charge in [-0.25, -0.2) is 0 Å². The summed E-state index contributed by atoms with van der Waals surface area (Å²) in [5, 5.41) is 0. The Morgan fingerprint density at radius 2 is 2.00 bits per heavy atom. The fourth-order valence-electron chi connectivity index (χ4n) is 3.01. The van der Waals surface area contributed by atoms with Crippen LogP contribution in [0, 0.1) is 0 Å². The van der Waals surface area contributed by atoms with E-state index in [4.69, 9.17) is 10.5 Å². The second-order valence-corrected chi connectivity index (χ2v) is 5.93. The minimum absolute atomic E-state index is 0.310. The molecule has 1 fully saturated rings. The van der Waals surface area contributed by atoms with E-state index in [-0.39, 0.29) is 5.97 Å². The van der Waals surface area contributed by atoms with Crippen LogP contribution in [-0.4, -0.2) is 42.6 Å². The van der Waals surface area contributed by atoms with Crippen LogP contribution in [0.1, 0.15) is 58.8 Å². The first-order valence-corrected chi connectivity index (χ1v) is 7.62. The summed E-state index contributed by atoms with van der Waals surface area (Å²) in [6.07, 6.45) is 8.24. The van der Waals surface area contributed by atoms with Crippen molar-refractivity contribution in [1.82, 2.24) is 4.90 Å². The number of esters is 1. The highest BCUT2D eigenvalue weighted by atomic mass is 16.5. The highest BCUT2D eigenvalue weighted by Gasteiger charge is 2.28. The van der Waals surface area contributed by atoms with E-state index < -0.39 is 5.54 Å². The molecule has 0 heterocycles. The average Bonchev–Trinajstić information content (AvgIpc) is 2.91. The maximum Gasteiger partial charge on any atom is 0.325 e. The molecule has 1 unspecified atom stereocenters. The third kappa shape index (κ3) is 5.11. The van der Waals surface area contributed by atoms with E-state index in [0.717, 1.165) is 32.0 Å². The van der Waals surface area contributed by atoms with Gasteiger partial charge < -0.3 is 15.4 Å². The Bertz CT molecular complexity index is 273. The SMILES string of the molecule is CCN(CCCCC(C)(N)C(=O)OC)C1CCCC1. The first-order valence-electron chi connectivity index (χ1n) is 7.62. The van der Waals surface area contributed by atoms with Crippen LogP contribution in [0.25, 0.3) is 0 Å². The number of unbranched alkanes of at least 4 members (excludes halogenated alkanes) is 1. The molecule has 19 heavy (non-hydrogen) atoms. The number of rotatable bonds is 8. The van der Waals surface area contributed by atoms with E-state index in [1.54, 1.807) is 6.92 Å². The molecule has 112 valence electrons. The van der Waals surface area contributed by atoms with Crippen LogP contribution in [0.15, 0.2) is 0 Å². The van der Waals surface area contributed by atoms with Crippen molar-refractivity contribution in [3.63, 3.8) is 0 Å². The summed E-state index contributed by atoms with van der Waals surface area (Å²) in [7, 11) is 1.40. The molecule has 0 saturated heterocycles. The van der Waals surface area contributed by atoms with Gasteiger partial charge in [0, 0.05) is 6.04 Å². The summed E-state index contributed by atoms with van der Waals surface area (Å²) >= 11 is 0. The second-order valence-electron chi connectivity index (χ2n) is 5.93. The molecule has 0 aromatic heterocycles. The van der Waals surface area contributed by atoms with Gasteiger partial charge in [-0.15, -0.1) is 0 Å². The van der Waals surface area contributed by atoms with Crippen LogP contribution in [0.2, 0.25) is 0 Å². The first kappa shape index (κ1) is 16.4. The fraction of sp³-hybridized carbons (Fsp3) is 0.933. The maximum absolute atomic E-state index is 11.5. The Morgan fingerprint density at radius 3 is 2.53 bits per heavy atom. The molecule has 0 bridgehead atoms. The summed E-state index contributed by atoms with van der Waals surface area (Å²) in [6.45, 7) is 6.24. The maximum atomic E-state index is 11.5. The zero-order valence-corrected chi connectivity index (χ0v) is 12.8. The average molecular weight is 270 g/mol. The minimum atomic E-state index is -0.834. The van der Waals surface area contributed by atoms with Gasteiger partial charge >= 0.3 is 5.97 Å². The van der Waals surface area contributed by atoms with Gasteiger partial charge in [-0.3, -0.25) is 4.79 Å². The standard InChI is InChI=1S/C15H30N2O2/c1-4-17(13-9-5-6-10-13)12-8-7-11-15(2,16)14(18)19-3/h13H,4-12,16H2,1-3H3. The Morgan fingerprint density at radius 1 is 1.37 bits per heavy atom. The first-order chi connectivity index (χ1) is 9.01. The Labute approximate surface area is 117 Å². The topological polar surface area (TPSA) is 55.6 Å². The van der Waals surface area contributed by atoms with Gasteiger partial charge in [0.1, 0.15) is 5.54 Å². The second kappa shape index (κ2) is 7.85. The largest absolute Gasteiger partial charge is 0.468 e. The van der Waals surface area contributed by atoms with Gasteiger partial charge in [-0.05, 0) is 52.1 Å². The molecule has 0 aromatic rings. The molecule has 2 N–H and O–H groups in total. The number of methoxy groups -OCH3 is 1. The highest BCUT2D eigenvalue weighted by molar-refractivity contribution is 5.79. The lowest BCUT2D eigenvalue weighted by Crippen LogP contribution is -2.45. The summed E-state index contributed by atoms with van der Waals surface area (Å²) in [6, 6.07) is 0.787. The third-order valence-corrected chi connectivity index (χ3v) is 4.29. The van der Waals surface area contributed by atoms with Crippen molar-refractivity contribution in [1.29, 1.82) is 0 Å². The summed E-state index contributed by atoms with van der Waals surface area (Å²) in [5.74, 6) is -0.310. The van der Waals surface area contributed by atoms with E-state index in [9.17, 15) is 4.79 Å². The summed E-state index contributed by atoms with van der Waals surface area (Å²) in [5.41, 5.74) is 5.12. The molecule has 1 rings (SSSR count). The van der Waals surface area contributed by atoms with Crippen molar-refractivity contribution < 1.29 is 9.53 Å². The van der Waals surface area contributed by atoms with Crippen LogP contribution >= 0.6 is 0 Å². The molecule has 0 spiro atoms. The molecule has 0 aromatic carbocycles. The Hall–Kier alpha value is -0.610. The van der Waals surface area contributed by atoms with Crippen molar-refractivity contribution in [2.24, 2.45) is 5.73 Å². The lowest BCUT2D eigenvalue weighted by Gasteiger charge is -2.28. The molecule has 1 atom stereocenters. The number of hydrogen-bond acceptors (Lipinski definition) is 4. The van der Waals surface area contributed by atoms with E-state index in [0.29, 0.717) is 6.42 Å². The Kier molecular flexibility index (Phi) is 6.80. The molecule has 0 amide bonds. The number of carbonyl (C=O) groups is 1. The van der Waals surface area contributed by atoms with Gasteiger partial charge in [0.15, 0.2) is 0 Å². The molecule has 0 radical (unpaired) electrons. The number of hydrogen-bond donors (Lipinski definition) is 1. The van der Waals surface area contributed by atoms with Crippen molar-refractivity contribution in [2.45, 2.75) is 70.4 Å². The zero-order chi connectivity index (χ0) is 14.3. The van der Waals surface area contributed by atoms with Gasteiger partial charge in [0.05, 0.1) is 7.11 Å². The lowest BCUT2D eigenvalue weighted by molar-refractivity contribution is -0.146. The quantitative estimate of drug-likeness (QED) is 0.543. The van der Waals surface area contributed by atoms with Crippen LogP contribution in [0.3, 0.4) is 0 Å². The number of nitrogens with zero attached hydrogens (tertiary/aromatic N) is 1. The predicted octanol–water partition coefficient (Wildman–Crippen LogP) is 2.31. The van der Waals surface area contributed by atoms with Crippen molar-refractivity contribution in [3.05, 3.63) is 0 Å². The predicted molar refractivity (Wildman–Crippen MR) is 78.0 cm³/mol. The van der Waals surface area contributed by atoms with Gasteiger partial charge in [0.25, 0.3) is 0 Å². The van der Waals surface area contributed by atoms with Crippen LogP contribution in [0.4, 0.5) is 0 Å². The van der Waals surface area contributed by atoms with Crippen LogP contribution in [-0.2, 0) is 9.53 Å². The molecule has 4 nitrogen and oxygen atoms in total. The zero-order valence-electron chi connectivity index (χ0n) is 12.8. The monoisotopic (exact) mass is 270 g/mol. The highest BCUT2D eigenvalue weighted by Crippen LogP contribution is 2.23. The molecule has 0 aliphatic heterocycles. The van der Waals surface area contributed by atoms with Crippen molar-refractivity contribution >= 4 is 5.97 Å². The van der Waals surface area contributed by atoms with E-state index in [1.165, 1.54) is 32.8 Å². The Balaban J connectivity index is 2.23. The smallest absolute Gasteiger partial charge is 0.325 e. The molecular formula is C15H30N2O2. The van der Waals surface area contributed by atoms with Gasteiger partial charge in [-0.2, -0.15) is 0 Å². The molecule has 1 saturated carbocycles. The lowest BCUT2D eigenvalue weighted by atomic mass is 9.96. The van der Waals surface area contributed by atoms with Crippen molar-refractivity contribution in [3.8, 4) is 0 Å². The van der Waals surface area contributed by atoms with E-state index in [1.807, 2.05) is 0 Å². The number of ether oxygens (including phenoxy) is 1. The number of carbonyl (C=O) groups excluding carboxylic acids is 1. The molecular weight excluding hydrogens is 240 g/mol. The third-order valence-electron chi connectivity index (χ3n) is 4.29. The summed E-state index contributed by atoms with van der Waals surface area (Å²) in [4.78, 5) is 14.1. The van der Waals surface area contributed by atoms with Crippen LogP contribution in [0.5, 0.6) is 0 Å². The molecule has 1 aliphatic rings. The van der Waals surface area contributed by atoms with E-state index >= 15 is 0 Å². The van der Waals surface area contributed by atoms with Crippen molar-refractivity contribution in [2.75, 3.05) is 20.2 Å². The minimum Gasteiger partial charge on any atom is -0.468 e. The summed E-state index contributed by atoms with van der Waals surface area (Å²) < 4.78 is 4.72. The van der Waals surface area contributed by atoms with E-state index in [2.05, 4.69) is 11.8 Å². The molecule has 1 aliphatic carbocycles. The molecule has 4 heteroatoms. The fourth-order valence-corrected chi connectivity index (χ4v) is 3.01. The normalized spacial score (nSPS) is 19.6.